The fourth-order valence-corrected chi connectivity index (χ4v) is 4.59. The molecule has 3 aromatic rings. The Morgan fingerprint density at radius 3 is 2.67 bits per heavy atom. The number of ether oxygens (including phenoxy) is 3. The summed E-state index contributed by atoms with van der Waals surface area (Å²) in [6, 6.07) is 16.0. The monoisotopic (exact) mass is 662 g/mol. The Kier molecular flexibility index (Phi) is 8.04. The summed E-state index contributed by atoms with van der Waals surface area (Å²) in [5.41, 5.74) is 2.52. The van der Waals surface area contributed by atoms with Crippen molar-refractivity contribution in [3.63, 3.8) is 0 Å². The maximum Gasteiger partial charge on any atom is 0.363 e. The number of halogens is 2. The normalized spacial score (nSPS) is 13.9. The molecule has 0 fully saturated rings. The lowest BCUT2D eigenvalue weighted by Crippen LogP contribution is -2.06. The molecule has 3 aromatic carbocycles. The number of carbonyl (C=O) groups excluding carboxylic acids is 1. The molecule has 184 valence electrons. The Labute approximate surface area is 229 Å². The molecule has 1 aliphatic heterocycles. The van der Waals surface area contributed by atoms with Gasteiger partial charge in [0.1, 0.15) is 6.61 Å². The van der Waals surface area contributed by atoms with Gasteiger partial charge in [-0.25, -0.2) is 9.79 Å². The van der Waals surface area contributed by atoms with E-state index in [4.69, 9.17) is 14.2 Å². The van der Waals surface area contributed by atoms with Crippen LogP contribution in [-0.4, -0.2) is 23.4 Å². The first-order valence-electron chi connectivity index (χ1n) is 10.9. The van der Waals surface area contributed by atoms with Gasteiger partial charge < -0.3 is 14.2 Å². The lowest BCUT2D eigenvalue weighted by atomic mass is 10.1. The average Bonchev–Trinajstić information content (AvgIpc) is 3.20. The number of cyclic esters (lactones) is 1. The fraction of sp³-hybridized carbons (Fsp3) is 0.154. The van der Waals surface area contributed by atoms with Crippen molar-refractivity contribution in [1.82, 2.24) is 0 Å². The number of nitro benzene ring substituents is 1. The highest BCUT2D eigenvalue weighted by Crippen LogP contribution is 2.38. The first kappa shape index (κ1) is 25.8. The van der Waals surface area contributed by atoms with Crippen molar-refractivity contribution >= 4 is 62.2 Å². The maximum atomic E-state index is 12.5. The summed E-state index contributed by atoms with van der Waals surface area (Å²) >= 11 is 5.81. The van der Waals surface area contributed by atoms with Gasteiger partial charge in [0.15, 0.2) is 17.2 Å². The fourth-order valence-electron chi connectivity index (χ4n) is 3.47. The number of aryl methyl sites for hydroxylation is 1. The zero-order valence-corrected chi connectivity index (χ0v) is 23.0. The van der Waals surface area contributed by atoms with Crippen molar-refractivity contribution in [2.75, 3.05) is 6.61 Å². The lowest BCUT2D eigenvalue weighted by Gasteiger charge is -2.15. The van der Waals surface area contributed by atoms with E-state index >= 15 is 0 Å². The van der Waals surface area contributed by atoms with Crippen LogP contribution >= 0.6 is 38.5 Å². The molecular formula is C26H20BrIN2O6. The highest BCUT2D eigenvalue weighted by atomic mass is 127. The highest BCUT2D eigenvalue weighted by Gasteiger charge is 2.26. The highest BCUT2D eigenvalue weighted by molar-refractivity contribution is 14.1. The van der Waals surface area contributed by atoms with Crippen LogP contribution < -0.4 is 9.47 Å². The van der Waals surface area contributed by atoms with E-state index in [1.54, 1.807) is 37.3 Å². The van der Waals surface area contributed by atoms with Crippen LogP contribution in [0.1, 0.15) is 29.2 Å². The predicted molar refractivity (Wildman–Crippen MR) is 147 cm³/mol. The number of carbonyl (C=O) groups is 1. The Hall–Kier alpha value is -3.25. The summed E-state index contributed by atoms with van der Waals surface area (Å²) < 4.78 is 18.9. The summed E-state index contributed by atoms with van der Waals surface area (Å²) in [7, 11) is 0. The van der Waals surface area contributed by atoms with Crippen molar-refractivity contribution in [2.45, 2.75) is 20.5 Å². The molecule has 10 heteroatoms. The molecule has 0 saturated carbocycles. The van der Waals surface area contributed by atoms with Crippen molar-refractivity contribution < 1.29 is 23.9 Å². The van der Waals surface area contributed by atoms with Crippen LogP contribution in [0.2, 0.25) is 0 Å². The summed E-state index contributed by atoms with van der Waals surface area (Å²) in [6.45, 7) is 4.29. The second-order valence-electron chi connectivity index (χ2n) is 7.74. The number of rotatable bonds is 8. The Morgan fingerprint density at radius 1 is 1.17 bits per heavy atom. The van der Waals surface area contributed by atoms with Gasteiger partial charge in [-0.05, 0) is 88.3 Å². The molecule has 0 bridgehead atoms. The molecule has 0 atom stereocenters. The molecule has 4 rings (SSSR count). The first-order valence-corrected chi connectivity index (χ1v) is 12.7. The van der Waals surface area contributed by atoms with Gasteiger partial charge in [-0.3, -0.25) is 10.1 Å². The SMILES string of the molecule is CCOc1cc(/C=C2\N=C(c3ccc(C)c([N+](=O)[O-])c3)OC2=O)cc(Br)c1OCc1ccccc1I. The number of aliphatic imine (C=N–C) groups is 1. The Balaban J connectivity index is 1.63. The van der Waals surface area contributed by atoms with Gasteiger partial charge in [0.05, 0.1) is 16.0 Å². The van der Waals surface area contributed by atoms with Crippen LogP contribution in [0.5, 0.6) is 11.5 Å². The number of hydrogen-bond acceptors (Lipinski definition) is 7. The van der Waals surface area contributed by atoms with Crippen molar-refractivity contribution in [3.8, 4) is 11.5 Å². The Bertz CT molecular complexity index is 1420. The quantitative estimate of drug-likeness (QED) is 0.0887. The van der Waals surface area contributed by atoms with E-state index in [2.05, 4.69) is 43.5 Å². The third-order valence-electron chi connectivity index (χ3n) is 5.24. The molecule has 0 aromatic heterocycles. The summed E-state index contributed by atoms with van der Waals surface area (Å²) in [6.07, 6.45) is 1.56. The van der Waals surface area contributed by atoms with E-state index in [9.17, 15) is 14.9 Å². The average molecular weight is 663 g/mol. The van der Waals surface area contributed by atoms with E-state index in [1.165, 1.54) is 6.07 Å². The van der Waals surface area contributed by atoms with E-state index in [0.717, 1.165) is 9.13 Å². The smallest absolute Gasteiger partial charge is 0.363 e. The van der Waals surface area contributed by atoms with Crippen molar-refractivity contribution in [3.05, 3.63) is 101 Å². The zero-order chi connectivity index (χ0) is 25.8. The molecule has 8 nitrogen and oxygen atoms in total. The van der Waals surface area contributed by atoms with E-state index in [1.807, 2.05) is 31.2 Å². The third kappa shape index (κ3) is 5.76. The van der Waals surface area contributed by atoms with Gasteiger partial charge in [0.25, 0.3) is 5.69 Å². The number of nitrogens with zero attached hydrogens (tertiary/aromatic N) is 2. The van der Waals surface area contributed by atoms with Crippen LogP contribution in [0.15, 0.2) is 69.8 Å². The van der Waals surface area contributed by atoms with Crippen LogP contribution in [0.4, 0.5) is 5.69 Å². The maximum absolute atomic E-state index is 12.5. The summed E-state index contributed by atoms with van der Waals surface area (Å²) in [5.74, 6) is 0.412. The molecule has 0 aliphatic carbocycles. The van der Waals surface area contributed by atoms with Gasteiger partial charge in [0.2, 0.25) is 5.90 Å². The first-order chi connectivity index (χ1) is 17.3. The van der Waals surface area contributed by atoms with E-state index < -0.39 is 10.9 Å². The third-order valence-corrected chi connectivity index (χ3v) is 6.88. The molecule has 0 amide bonds. The van der Waals surface area contributed by atoms with Gasteiger partial charge in [-0.15, -0.1) is 0 Å². The largest absolute Gasteiger partial charge is 0.490 e. The molecule has 0 saturated heterocycles. The second kappa shape index (κ2) is 11.2. The summed E-state index contributed by atoms with van der Waals surface area (Å²) in [4.78, 5) is 27.6. The summed E-state index contributed by atoms with van der Waals surface area (Å²) in [5, 5.41) is 11.3. The zero-order valence-electron chi connectivity index (χ0n) is 19.3. The molecule has 1 heterocycles. The Morgan fingerprint density at radius 2 is 1.94 bits per heavy atom. The standard InChI is InChI=1S/C26H20BrIN2O6/c1-3-34-23-12-16(10-19(27)24(23)35-14-18-6-4-5-7-20(18)28)11-21-26(31)36-25(29-21)17-9-8-15(2)22(13-17)30(32)33/h4-13H,3,14H2,1-2H3/b21-11-. The van der Waals surface area contributed by atoms with Crippen LogP contribution in [0.3, 0.4) is 0 Å². The van der Waals surface area contributed by atoms with Crippen molar-refractivity contribution in [1.29, 1.82) is 0 Å². The number of benzene rings is 3. The molecule has 0 spiro atoms. The van der Waals surface area contributed by atoms with Gasteiger partial charge in [-0.1, -0.05) is 24.3 Å². The van der Waals surface area contributed by atoms with Crippen LogP contribution in [0, 0.1) is 20.6 Å². The molecule has 1 aliphatic rings. The van der Waals surface area contributed by atoms with Gasteiger partial charge in [0, 0.05) is 26.3 Å². The molecular weight excluding hydrogens is 643 g/mol. The van der Waals surface area contributed by atoms with Gasteiger partial charge >= 0.3 is 5.97 Å². The second-order valence-corrected chi connectivity index (χ2v) is 9.75. The minimum Gasteiger partial charge on any atom is -0.490 e. The molecule has 0 radical (unpaired) electrons. The van der Waals surface area contributed by atoms with Crippen LogP contribution in [-0.2, 0) is 16.1 Å². The minimum atomic E-state index is -0.652. The molecule has 0 unspecified atom stereocenters. The van der Waals surface area contributed by atoms with E-state index in [-0.39, 0.29) is 17.3 Å². The molecule has 36 heavy (non-hydrogen) atoms. The molecule has 0 N–H and O–H groups in total. The van der Waals surface area contributed by atoms with Gasteiger partial charge in [-0.2, -0.15) is 0 Å². The number of esters is 1. The minimum absolute atomic E-state index is 0.0101. The van der Waals surface area contributed by atoms with E-state index in [0.29, 0.717) is 45.9 Å². The predicted octanol–water partition coefficient (Wildman–Crippen LogP) is 6.59. The number of hydrogen-bond donors (Lipinski definition) is 0. The van der Waals surface area contributed by atoms with Crippen molar-refractivity contribution in [2.24, 2.45) is 4.99 Å². The van der Waals surface area contributed by atoms with Crippen LogP contribution in [0.25, 0.3) is 6.08 Å². The number of nitro groups is 1. The lowest BCUT2D eigenvalue weighted by molar-refractivity contribution is -0.385. The topological polar surface area (TPSA) is 100 Å².